The Hall–Kier alpha value is -1.78. The summed E-state index contributed by atoms with van der Waals surface area (Å²) in [6.07, 6.45) is 5.23. The van der Waals surface area contributed by atoms with Crippen LogP contribution in [0.5, 0.6) is 5.88 Å². The minimum absolute atomic E-state index is 0.0548. The molecule has 0 amide bonds. The molecule has 1 unspecified atom stereocenters. The zero-order chi connectivity index (χ0) is 13.8. The number of fused-ring (bicyclic) bond motifs is 1. The van der Waals surface area contributed by atoms with Crippen molar-refractivity contribution in [3.8, 4) is 5.88 Å². The van der Waals surface area contributed by atoms with Gasteiger partial charge in [0, 0.05) is 5.69 Å². The van der Waals surface area contributed by atoms with E-state index in [4.69, 9.17) is 15.7 Å². The van der Waals surface area contributed by atoms with Crippen LogP contribution in [-0.2, 0) is 12.8 Å². The van der Waals surface area contributed by atoms with E-state index >= 15 is 0 Å². The molecule has 0 spiro atoms. The van der Waals surface area contributed by atoms with Crippen LogP contribution in [0.3, 0.4) is 0 Å². The van der Waals surface area contributed by atoms with Crippen LogP contribution in [0, 0.1) is 0 Å². The quantitative estimate of drug-likeness (QED) is 0.378. The highest BCUT2D eigenvalue weighted by molar-refractivity contribution is 5.99. The van der Waals surface area contributed by atoms with Crippen molar-refractivity contribution in [1.82, 2.24) is 4.98 Å². The third kappa shape index (κ3) is 2.97. The normalized spacial score (nSPS) is 16.8. The van der Waals surface area contributed by atoms with Gasteiger partial charge in [0.1, 0.15) is 0 Å². The van der Waals surface area contributed by atoms with E-state index in [9.17, 15) is 0 Å². The fraction of sp³-hybridized carbons (Fsp3) is 0.571. The number of oxime groups is 1. The molecule has 1 aromatic rings. The molecule has 0 aromatic carbocycles. The van der Waals surface area contributed by atoms with Crippen molar-refractivity contribution in [2.24, 2.45) is 10.9 Å². The van der Waals surface area contributed by atoms with Crippen molar-refractivity contribution in [2.75, 3.05) is 0 Å². The molecule has 2 rings (SSSR count). The van der Waals surface area contributed by atoms with Crippen LogP contribution in [0.4, 0.5) is 0 Å². The van der Waals surface area contributed by atoms with E-state index in [1.807, 2.05) is 19.9 Å². The number of hydrogen-bond donors (Lipinski definition) is 2. The van der Waals surface area contributed by atoms with Gasteiger partial charge in [-0.05, 0) is 50.7 Å². The number of aromatic nitrogens is 1. The maximum absolute atomic E-state index is 8.89. The summed E-state index contributed by atoms with van der Waals surface area (Å²) in [7, 11) is 0. The standard InChI is InChI=1S/C14H21N3O2/c1-3-9(2)19-14-11(13(15)17-18)8-10-6-4-5-7-12(10)16-14/h8-9,18H,3-7H2,1-2H3,(H2,15,17). The van der Waals surface area contributed by atoms with Crippen LogP contribution in [0.15, 0.2) is 11.2 Å². The molecule has 0 fully saturated rings. The molecule has 1 aliphatic rings. The van der Waals surface area contributed by atoms with Gasteiger partial charge in [-0.2, -0.15) is 0 Å². The highest BCUT2D eigenvalue weighted by atomic mass is 16.5. The molecule has 19 heavy (non-hydrogen) atoms. The molecular weight excluding hydrogens is 242 g/mol. The second-order valence-corrected chi connectivity index (χ2v) is 4.98. The minimum Gasteiger partial charge on any atom is -0.474 e. The number of aryl methyl sites for hydroxylation is 2. The number of nitrogens with two attached hydrogens (primary N) is 1. The molecule has 1 heterocycles. The predicted octanol–water partition coefficient (Wildman–Crippen LogP) is 2.23. The van der Waals surface area contributed by atoms with Crippen molar-refractivity contribution < 1.29 is 9.94 Å². The molecule has 1 aliphatic carbocycles. The van der Waals surface area contributed by atoms with Gasteiger partial charge in [0.25, 0.3) is 0 Å². The van der Waals surface area contributed by atoms with Crippen molar-refractivity contribution in [2.45, 2.75) is 52.1 Å². The molecule has 1 atom stereocenters. The maximum atomic E-state index is 8.89. The Labute approximate surface area is 113 Å². The summed E-state index contributed by atoms with van der Waals surface area (Å²) in [5, 5.41) is 12.0. The molecule has 104 valence electrons. The topological polar surface area (TPSA) is 80.7 Å². The summed E-state index contributed by atoms with van der Waals surface area (Å²) in [6.45, 7) is 4.03. The highest BCUT2D eigenvalue weighted by Crippen LogP contribution is 2.26. The van der Waals surface area contributed by atoms with Crippen LogP contribution in [0.2, 0.25) is 0 Å². The fourth-order valence-corrected chi connectivity index (χ4v) is 2.22. The van der Waals surface area contributed by atoms with Gasteiger partial charge in [-0.25, -0.2) is 4.98 Å². The first-order valence-electron chi connectivity index (χ1n) is 6.83. The summed E-state index contributed by atoms with van der Waals surface area (Å²) in [5.41, 5.74) is 8.58. The molecule has 1 aromatic heterocycles. The molecule has 5 heteroatoms. The van der Waals surface area contributed by atoms with E-state index in [1.165, 1.54) is 5.56 Å². The zero-order valence-electron chi connectivity index (χ0n) is 11.5. The lowest BCUT2D eigenvalue weighted by molar-refractivity contribution is 0.207. The van der Waals surface area contributed by atoms with Gasteiger partial charge in [-0.1, -0.05) is 12.1 Å². The Balaban J connectivity index is 2.43. The molecule has 3 N–H and O–H groups in total. The SMILES string of the molecule is CCC(C)Oc1nc2c(cc1C(N)=NO)CCCC2. The zero-order valence-corrected chi connectivity index (χ0v) is 11.5. The Morgan fingerprint density at radius 1 is 1.53 bits per heavy atom. The first kappa shape index (κ1) is 13.6. The fourth-order valence-electron chi connectivity index (χ4n) is 2.22. The summed E-state index contributed by atoms with van der Waals surface area (Å²) < 4.78 is 5.80. The largest absolute Gasteiger partial charge is 0.474 e. The van der Waals surface area contributed by atoms with Gasteiger partial charge in [0.05, 0.1) is 11.7 Å². The first-order chi connectivity index (χ1) is 9.15. The lowest BCUT2D eigenvalue weighted by Crippen LogP contribution is -2.21. The van der Waals surface area contributed by atoms with Crippen LogP contribution in [0.1, 0.15) is 49.9 Å². The van der Waals surface area contributed by atoms with Crippen LogP contribution in [-0.4, -0.2) is 22.1 Å². The van der Waals surface area contributed by atoms with Crippen LogP contribution in [0.25, 0.3) is 0 Å². The summed E-state index contributed by atoms with van der Waals surface area (Å²) >= 11 is 0. The number of pyridine rings is 1. The monoisotopic (exact) mass is 263 g/mol. The smallest absolute Gasteiger partial charge is 0.225 e. The highest BCUT2D eigenvalue weighted by Gasteiger charge is 2.19. The summed E-state index contributed by atoms with van der Waals surface area (Å²) in [6, 6.07) is 1.95. The molecule has 0 bridgehead atoms. The maximum Gasteiger partial charge on any atom is 0.225 e. The van der Waals surface area contributed by atoms with Crippen molar-refractivity contribution >= 4 is 5.84 Å². The van der Waals surface area contributed by atoms with E-state index in [0.717, 1.165) is 37.8 Å². The van der Waals surface area contributed by atoms with E-state index in [1.54, 1.807) is 0 Å². The Morgan fingerprint density at radius 3 is 2.95 bits per heavy atom. The third-order valence-corrected chi connectivity index (χ3v) is 3.54. The first-order valence-corrected chi connectivity index (χ1v) is 6.83. The van der Waals surface area contributed by atoms with E-state index in [0.29, 0.717) is 11.4 Å². The van der Waals surface area contributed by atoms with Crippen LogP contribution < -0.4 is 10.5 Å². The lowest BCUT2D eigenvalue weighted by atomic mass is 9.95. The second kappa shape index (κ2) is 5.91. The molecule has 0 aliphatic heterocycles. The molecule has 0 radical (unpaired) electrons. The van der Waals surface area contributed by atoms with Crippen molar-refractivity contribution in [3.05, 3.63) is 22.9 Å². The predicted molar refractivity (Wildman–Crippen MR) is 73.8 cm³/mol. The number of ether oxygens (including phenoxy) is 1. The number of hydrogen-bond acceptors (Lipinski definition) is 4. The van der Waals surface area contributed by atoms with Gasteiger partial charge < -0.3 is 15.7 Å². The number of nitrogens with zero attached hydrogens (tertiary/aromatic N) is 2. The summed E-state index contributed by atoms with van der Waals surface area (Å²) in [4.78, 5) is 4.58. The van der Waals surface area contributed by atoms with Gasteiger partial charge >= 0.3 is 0 Å². The Bertz CT molecular complexity index is 486. The van der Waals surface area contributed by atoms with E-state index in [-0.39, 0.29) is 11.9 Å². The average molecular weight is 263 g/mol. The molecular formula is C14H21N3O2. The third-order valence-electron chi connectivity index (χ3n) is 3.54. The molecule has 5 nitrogen and oxygen atoms in total. The number of rotatable bonds is 4. The molecule has 0 saturated heterocycles. The number of amidine groups is 1. The van der Waals surface area contributed by atoms with Crippen molar-refractivity contribution in [1.29, 1.82) is 0 Å². The second-order valence-electron chi connectivity index (χ2n) is 4.98. The average Bonchev–Trinajstić information content (AvgIpc) is 2.45. The Morgan fingerprint density at radius 2 is 2.26 bits per heavy atom. The minimum atomic E-state index is 0.0548. The van der Waals surface area contributed by atoms with Gasteiger partial charge in [-0.3, -0.25) is 0 Å². The molecule has 0 saturated carbocycles. The van der Waals surface area contributed by atoms with Gasteiger partial charge in [0.2, 0.25) is 5.88 Å². The van der Waals surface area contributed by atoms with Crippen LogP contribution >= 0.6 is 0 Å². The van der Waals surface area contributed by atoms with Crippen molar-refractivity contribution in [3.63, 3.8) is 0 Å². The van der Waals surface area contributed by atoms with E-state index < -0.39 is 0 Å². The van der Waals surface area contributed by atoms with Gasteiger partial charge in [0.15, 0.2) is 5.84 Å². The lowest BCUT2D eigenvalue weighted by Gasteiger charge is -2.20. The van der Waals surface area contributed by atoms with Gasteiger partial charge in [-0.15, -0.1) is 0 Å². The summed E-state index contributed by atoms with van der Waals surface area (Å²) in [5.74, 6) is 0.532. The van der Waals surface area contributed by atoms with E-state index in [2.05, 4.69) is 10.1 Å². The Kier molecular flexibility index (Phi) is 4.24.